The van der Waals surface area contributed by atoms with Gasteiger partial charge in [-0.3, -0.25) is 4.90 Å². The number of hydrogen-bond donors (Lipinski definition) is 1. The van der Waals surface area contributed by atoms with Crippen molar-refractivity contribution >= 4 is 0 Å². The van der Waals surface area contributed by atoms with Crippen molar-refractivity contribution in [1.29, 1.82) is 0 Å². The minimum Gasteiger partial charge on any atom is -0.381 e. The van der Waals surface area contributed by atoms with Gasteiger partial charge in [0, 0.05) is 44.3 Å². The van der Waals surface area contributed by atoms with E-state index in [1.165, 1.54) is 45.4 Å². The summed E-state index contributed by atoms with van der Waals surface area (Å²) in [5.74, 6) is 0. The van der Waals surface area contributed by atoms with Crippen LogP contribution in [0.25, 0.3) is 0 Å². The van der Waals surface area contributed by atoms with E-state index < -0.39 is 0 Å². The molecule has 1 N–H and O–H groups in total. The zero-order chi connectivity index (χ0) is 9.43. The molecule has 80 valence electrons. The first kappa shape index (κ1) is 9.13. The van der Waals surface area contributed by atoms with Crippen molar-refractivity contribution in [2.24, 2.45) is 5.41 Å². The molecule has 0 unspecified atom stereocenters. The predicted molar refractivity (Wildman–Crippen MR) is 55.3 cm³/mol. The van der Waals surface area contributed by atoms with Crippen LogP contribution in [0.15, 0.2) is 0 Å². The molecule has 0 amide bonds. The van der Waals surface area contributed by atoms with Gasteiger partial charge in [0.25, 0.3) is 0 Å². The number of nitrogens with one attached hydrogen (secondary N) is 1. The van der Waals surface area contributed by atoms with Crippen LogP contribution in [0.1, 0.15) is 19.3 Å². The molecule has 0 aromatic heterocycles. The van der Waals surface area contributed by atoms with E-state index in [1.54, 1.807) is 0 Å². The van der Waals surface area contributed by atoms with Crippen molar-refractivity contribution in [2.75, 3.05) is 39.4 Å². The van der Waals surface area contributed by atoms with Gasteiger partial charge >= 0.3 is 0 Å². The molecule has 0 saturated carbocycles. The van der Waals surface area contributed by atoms with Gasteiger partial charge in [0.05, 0.1) is 0 Å². The van der Waals surface area contributed by atoms with Gasteiger partial charge in [-0.2, -0.15) is 0 Å². The van der Waals surface area contributed by atoms with Crippen molar-refractivity contribution < 1.29 is 4.74 Å². The van der Waals surface area contributed by atoms with E-state index in [9.17, 15) is 0 Å². The van der Waals surface area contributed by atoms with Crippen molar-refractivity contribution in [3.05, 3.63) is 0 Å². The molecule has 3 heterocycles. The van der Waals surface area contributed by atoms with Crippen LogP contribution in [-0.2, 0) is 4.74 Å². The Balaban J connectivity index is 1.53. The van der Waals surface area contributed by atoms with Crippen molar-refractivity contribution in [1.82, 2.24) is 10.2 Å². The molecule has 14 heavy (non-hydrogen) atoms. The van der Waals surface area contributed by atoms with Gasteiger partial charge in [-0.15, -0.1) is 0 Å². The van der Waals surface area contributed by atoms with E-state index in [4.69, 9.17) is 4.74 Å². The first-order valence-corrected chi connectivity index (χ1v) is 5.91. The second-order valence-electron chi connectivity index (χ2n) is 5.16. The van der Waals surface area contributed by atoms with Crippen LogP contribution in [0.4, 0.5) is 0 Å². The average molecular weight is 196 g/mol. The van der Waals surface area contributed by atoms with Gasteiger partial charge < -0.3 is 10.1 Å². The third-order valence-corrected chi connectivity index (χ3v) is 4.18. The Morgan fingerprint density at radius 2 is 2.00 bits per heavy atom. The Labute approximate surface area is 85.8 Å². The van der Waals surface area contributed by atoms with E-state index in [-0.39, 0.29) is 0 Å². The maximum atomic E-state index is 5.43. The third kappa shape index (κ3) is 1.47. The summed E-state index contributed by atoms with van der Waals surface area (Å²) in [5, 5.41) is 3.45. The summed E-state index contributed by atoms with van der Waals surface area (Å²) in [7, 11) is 0. The minimum absolute atomic E-state index is 0.654. The molecule has 0 aliphatic carbocycles. The van der Waals surface area contributed by atoms with Gasteiger partial charge in [0.1, 0.15) is 0 Å². The van der Waals surface area contributed by atoms with Crippen LogP contribution in [0.2, 0.25) is 0 Å². The number of rotatable bonds is 1. The van der Waals surface area contributed by atoms with Crippen molar-refractivity contribution in [2.45, 2.75) is 25.3 Å². The Hall–Kier alpha value is -0.120. The molecule has 1 atom stereocenters. The van der Waals surface area contributed by atoms with Crippen molar-refractivity contribution in [3.8, 4) is 0 Å². The number of hydrogen-bond acceptors (Lipinski definition) is 3. The molecule has 0 bridgehead atoms. The second kappa shape index (κ2) is 3.47. The van der Waals surface area contributed by atoms with E-state index >= 15 is 0 Å². The van der Waals surface area contributed by atoms with E-state index in [0.717, 1.165) is 19.3 Å². The highest BCUT2D eigenvalue weighted by Crippen LogP contribution is 2.41. The molecule has 3 saturated heterocycles. The molecule has 3 aliphatic rings. The molecule has 3 aliphatic heterocycles. The summed E-state index contributed by atoms with van der Waals surface area (Å²) in [6.45, 7) is 7.10. The summed E-state index contributed by atoms with van der Waals surface area (Å²) >= 11 is 0. The third-order valence-electron chi connectivity index (χ3n) is 4.18. The molecular formula is C11H20N2O. The minimum atomic E-state index is 0.654. The smallest absolute Gasteiger partial charge is 0.0472 e. The standard InChI is InChI=1S/C11H20N2O/c1-4-12-7-10(1)13-8-11(9-13)2-5-14-6-3-11/h10,12H,1-9H2/t10-/m1/s1. The van der Waals surface area contributed by atoms with Gasteiger partial charge in [-0.25, -0.2) is 0 Å². The lowest BCUT2D eigenvalue weighted by molar-refractivity contribution is -0.0941. The molecule has 0 aromatic rings. The van der Waals surface area contributed by atoms with Crippen LogP contribution in [0.5, 0.6) is 0 Å². The van der Waals surface area contributed by atoms with Crippen molar-refractivity contribution in [3.63, 3.8) is 0 Å². The molecular weight excluding hydrogens is 176 g/mol. The van der Waals surface area contributed by atoms with E-state index in [1.807, 2.05) is 0 Å². The van der Waals surface area contributed by atoms with Gasteiger partial charge in [-0.1, -0.05) is 0 Å². The lowest BCUT2D eigenvalue weighted by Gasteiger charge is -2.54. The quantitative estimate of drug-likeness (QED) is 0.659. The number of ether oxygens (including phenoxy) is 1. The Morgan fingerprint density at radius 3 is 2.64 bits per heavy atom. The molecule has 0 radical (unpaired) electrons. The Morgan fingerprint density at radius 1 is 1.21 bits per heavy atom. The van der Waals surface area contributed by atoms with E-state index in [2.05, 4.69) is 10.2 Å². The highest BCUT2D eigenvalue weighted by Gasteiger charge is 2.46. The van der Waals surface area contributed by atoms with Gasteiger partial charge in [0.15, 0.2) is 0 Å². The highest BCUT2D eigenvalue weighted by atomic mass is 16.5. The van der Waals surface area contributed by atoms with Crippen LogP contribution >= 0.6 is 0 Å². The molecule has 0 aromatic carbocycles. The topological polar surface area (TPSA) is 24.5 Å². The summed E-state index contributed by atoms with van der Waals surface area (Å²) in [5.41, 5.74) is 0.654. The van der Waals surface area contributed by atoms with E-state index in [0.29, 0.717) is 5.41 Å². The largest absolute Gasteiger partial charge is 0.381 e. The van der Waals surface area contributed by atoms with Gasteiger partial charge in [-0.05, 0) is 25.8 Å². The van der Waals surface area contributed by atoms with Crippen LogP contribution < -0.4 is 5.32 Å². The number of nitrogens with zero attached hydrogens (tertiary/aromatic N) is 1. The zero-order valence-corrected chi connectivity index (χ0v) is 8.80. The first-order chi connectivity index (χ1) is 6.88. The maximum Gasteiger partial charge on any atom is 0.0472 e. The molecule has 3 fully saturated rings. The maximum absolute atomic E-state index is 5.43. The second-order valence-corrected chi connectivity index (χ2v) is 5.16. The first-order valence-electron chi connectivity index (χ1n) is 5.91. The fraction of sp³-hybridized carbons (Fsp3) is 1.00. The fourth-order valence-corrected chi connectivity index (χ4v) is 3.15. The highest BCUT2D eigenvalue weighted by molar-refractivity contribution is 4.99. The normalized spacial score (nSPS) is 37.3. The Kier molecular flexibility index (Phi) is 2.26. The average Bonchev–Trinajstić information content (AvgIpc) is 2.68. The lowest BCUT2D eigenvalue weighted by Crippen LogP contribution is -2.61. The van der Waals surface area contributed by atoms with Crippen LogP contribution in [-0.4, -0.2) is 50.3 Å². The summed E-state index contributed by atoms with van der Waals surface area (Å²) in [6, 6.07) is 0.837. The summed E-state index contributed by atoms with van der Waals surface area (Å²) < 4.78 is 5.43. The molecule has 3 nitrogen and oxygen atoms in total. The predicted octanol–water partition coefficient (Wildman–Crippen LogP) is 0.461. The monoisotopic (exact) mass is 196 g/mol. The summed E-state index contributed by atoms with van der Waals surface area (Å²) in [4.78, 5) is 2.67. The Bertz CT molecular complexity index is 199. The summed E-state index contributed by atoms with van der Waals surface area (Å²) in [6.07, 6.45) is 3.94. The fourth-order valence-electron chi connectivity index (χ4n) is 3.15. The van der Waals surface area contributed by atoms with Gasteiger partial charge in [0.2, 0.25) is 0 Å². The lowest BCUT2D eigenvalue weighted by atomic mass is 9.72. The SMILES string of the molecule is C1C[C@@H](N2CC3(CCOCC3)C2)CN1. The number of likely N-dealkylation sites (tertiary alicyclic amines) is 1. The van der Waals surface area contributed by atoms with Crippen LogP contribution in [0.3, 0.4) is 0 Å². The molecule has 1 spiro atoms. The molecule has 3 rings (SSSR count). The molecule has 3 heteroatoms. The zero-order valence-electron chi connectivity index (χ0n) is 8.80. The van der Waals surface area contributed by atoms with Crippen LogP contribution in [0, 0.1) is 5.41 Å².